The van der Waals surface area contributed by atoms with Gasteiger partial charge in [0.25, 0.3) is 0 Å². The summed E-state index contributed by atoms with van der Waals surface area (Å²) in [6, 6.07) is 6.09. The Hall–Kier alpha value is -0.130. The topological polar surface area (TPSA) is 46.2 Å². The molecule has 0 saturated heterocycles. The fraction of sp³-hybridized carbons (Fsp3) is 0.400. The van der Waals surface area contributed by atoms with Gasteiger partial charge in [0.15, 0.2) is 0 Å². The van der Waals surface area contributed by atoms with Crippen LogP contribution in [-0.4, -0.2) is 11.7 Å². The number of benzene rings is 1. The Balaban J connectivity index is 3.20. The third kappa shape index (κ3) is 2.42. The number of aliphatic hydroxyl groups is 1. The van der Waals surface area contributed by atoms with Crippen molar-refractivity contribution in [1.82, 2.24) is 0 Å². The molecule has 1 atom stereocenters. The number of hydrogen-bond donors (Lipinski definition) is 2. The van der Waals surface area contributed by atoms with Crippen molar-refractivity contribution in [2.75, 3.05) is 6.61 Å². The Labute approximate surface area is 92.3 Å². The fourth-order valence-electron chi connectivity index (χ4n) is 1.16. The summed E-state index contributed by atoms with van der Waals surface area (Å²) in [4.78, 5) is 0. The van der Waals surface area contributed by atoms with Gasteiger partial charge in [-0.3, -0.25) is 0 Å². The molecule has 0 aliphatic carbocycles. The third-order valence-corrected chi connectivity index (χ3v) is 3.01. The van der Waals surface area contributed by atoms with E-state index in [0.29, 0.717) is 0 Å². The molecule has 3 heteroatoms. The zero-order chi connectivity index (χ0) is 10.1. The van der Waals surface area contributed by atoms with Crippen molar-refractivity contribution < 1.29 is 5.11 Å². The van der Waals surface area contributed by atoms with Gasteiger partial charge < -0.3 is 10.8 Å². The van der Waals surface area contributed by atoms with Crippen LogP contribution in [0.1, 0.15) is 18.1 Å². The molecule has 0 heterocycles. The second-order valence-corrected chi connectivity index (χ2v) is 4.72. The van der Waals surface area contributed by atoms with Crippen molar-refractivity contribution in [3.05, 3.63) is 32.9 Å². The zero-order valence-corrected chi connectivity index (χ0v) is 10.00. The second kappa shape index (κ2) is 3.94. The van der Waals surface area contributed by atoms with Crippen LogP contribution in [0, 0.1) is 10.5 Å². The molecule has 0 spiro atoms. The van der Waals surface area contributed by atoms with Gasteiger partial charge in [0, 0.05) is 3.57 Å². The predicted molar refractivity (Wildman–Crippen MR) is 62.5 cm³/mol. The van der Waals surface area contributed by atoms with E-state index in [1.165, 1.54) is 5.56 Å². The number of nitrogens with two attached hydrogens (primary N) is 1. The molecule has 0 unspecified atom stereocenters. The summed E-state index contributed by atoms with van der Waals surface area (Å²) in [5.41, 5.74) is 7.49. The van der Waals surface area contributed by atoms with Crippen LogP contribution < -0.4 is 5.73 Å². The van der Waals surface area contributed by atoms with Crippen LogP contribution >= 0.6 is 22.6 Å². The van der Waals surface area contributed by atoms with Crippen molar-refractivity contribution in [3.8, 4) is 0 Å². The lowest BCUT2D eigenvalue weighted by Gasteiger charge is -2.24. The lowest BCUT2D eigenvalue weighted by atomic mass is 9.93. The van der Waals surface area contributed by atoms with Crippen LogP contribution in [0.2, 0.25) is 0 Å². The van der Waals surface area contributed by atoms with Gasteiger partial charge in [-0.1, -0.05) is 17.7 Å². The average molecular weight is 291 g/mol. The second-order valence-electron chi connectivity index (χ2n) is 3.56. The van der Waals surface area contributed by atoms with Crippen LogP contribution in [-0.2, 0) is 5.54 Å². The van der Waals surface area contributed by atoms with Gasteiger partial charge in [-0.15, -0.1) is 0 Å². The van der Waals surface area contributed by atoms with Crippen molar-refractivity contribution in [2.24, 2.45) is 5.73 Å². The van der Waals surface area contributed by atoms with Gasteiger partial charge in [-0.05, 0) is 48.1 Å². The SMILES string of the molecule is Cc1ccc(I)c([C@@](C)(N)CO)c1. The Morgan fingerprint density at radius 3 is 2.69 bits per heavy atom. The molecule has 0 amide bonds. The maximum atomic E-state index is 9.13. The summed E-state index contributed by atoms with van der Waals surface area (Å²) in [5.74, 6) is 0. The summed E-state index contributed by atoms with van der Waals surface area (Å²) >= 11 is 2.23. The van der Waals surface area contributed by atoms with Gasteiger partial charge in [0.05, 0.1) is 12.1 Å². The first-order valence-corrected chi connectivity index (χ1v) is 5.21. The number of halogens is 1. The highest BCUT2D eigenvalue weighted by Gasteiger charge is 2.22. The molecule has 1 aromatic rings. The first kappa shape index (κ1) is 10.9. The van der Waals surface area contributed by atoms with Crippen LogP contribution in [0.3, 0.4) is 0 Å². The normalized spacial score (nSPS) is 15.5. The summed E-state index contributed by atoms with van der Waals surface area (Å²) in [7, 11) is 0. The van der Waals surface area contributed by atoms with Crippen molar-refractivity contribution >= 4 is 22.6 Å². The number of aryl methyl sites for hydroxylation is 1. The van der Waals surface area contributed by atoms with E-state index in [1.807, 2.05) is 32.0 Å². The number of rotatable bonds is 2. The van der Waals surface area contributed by atoms with E-state index >= 15 is 0 Å². The molecule has 1 rings (SSSR count). The summed E-state index contributed by atoms with van der Waals surface area (Å²) in [6.45, 7) is 3.82. The molecule has 0 aromatic heterocycles. The quantitative estimate of drug-likeness (QED) is 0.816. The largest absolute Gasteiger partial charge is 0.394 e. The molecular weight excluding hydrogens is 277 g/mol. The lowest BCUT2D eigenvalue weighted by molar-refractivity contribution is 0.209. The molecule has 13 heavy (non-hydrogen) atoms. The average Bonchev–Trinajstić information content (AvgIpc) is 2.09. The monoisotopic (exact) mass is 291 g/mol. The fourth-order valence-corrected chi connectivity index (χ4v) is 2.11. The van der Waals surface area contributed by atoms with E-state index in [4.69, 9.17) is 10.8 Å². The smallest absolute Gasteiger partial charge is 0.0650 e. The maximum absolute atomic E-state index is 9.13. The molecule has 0 aliphatic heterocycles. The number of hydrogen-bond acceptors (Lipinski definition) is 2. The maximum Gasteiger partial charge on any atom is 0.0650 e. The lowest BCUT2D eigenvalue weighted by Crippen LogP contribution is -2.37. The molecule has 72 valence electrons. The molecule has 3 N–H and O–H groups in total. The van der Waals surface area contributed by atoms with Crippen LogP contribution in [0.15, 0.2) is 18.2 Å². The van der Waals surface area contributed by atoms with Gasteiger partial charge in [-0.2, -0.15) is 0 Å². The van der Waals surface area contributed by atoms with Crippen molar-refractivity contribution in [2.45, 2.75) is 19.4 Å². The Morgan fingerprint density at radius 2 is 2.15 bits per heavy atom. The Kier molecular flexibility index (Phi) is 3.32. The number of aliphatic hydroxyl groups excluding tert-OH is 1. The molecule has 0 saturated carbocycles. The minimum absolute atomic E-state index is 0.0353. The zero-order valence-electron chi connectivity index (χ0n) is 7.84. The van der Waals surface area contributed by atoms with E-state index in [2.05, 4.69) is 22.6 Å². The molecule has 0 bridgehead atoms. The standard InChI is InChI=1S/C10H14INO/c1-7-3-4-9(11)8(5-7)10(2,12)6-13/h3-5,13H,6,12H2,1-2H3/t10-/m0/s1. The molecule has 1 aromatic carbocycles. The van der Waals surface area contributed by atoms with E-state index in [0.717, 1.165) is 9.13 Å². The Bertz CT molecular complexity index is 310. The van der Waals surface area contributed by atoms with Gasteiger partial charge in [-0.25, -0.2) is 0 Å². The minimum Gasteiger partial charge on any atom is -0.394 e. The summed E-state index contributed by atoms with van der Waals surface area (Å²) in [5, 5.41) is 9.13. The third-order valence-electron chi connectivity index (χ3n) is 2.07. The van der Waals surface area contributed by atoms with E-state index in [1.54, 1.807) is 0 Å². The summed E-state index contributed by atoms with van der Waals surface area (Å²) < 4.78 is 1.10. The molecule has 0 radical (unpaired) electrons. The van der Waals surface area contributed by atoms with Gasteiger partial charge >= 0.3 is 0 Å². The first-order valence-electron chi connectivity index (χ1n) is 4.14. The molecule has 2 nitrogen and oxygen atoms in total. The highest BCUT2D eigenvalue weighted by atomic mass is 127. The Morgan fingerprint density at radius 1 is 1.54 bits per heavy atom. The van der Waals surface area contributed by atoms with E-state index < -0.39 is 5.54 Å². The first-order chi connectivity index (χ1) is 5.97. The summed E-state index contributed by atoms with van der Waals surface area (Å²) in [6.07, 6.45) is 0. The van der Waals surface area contributed by atoms with E-state index in [9.17, 15) is 0 Å². The predicted octanol–water partition coefficient (Wildman–Crippen LogP) is 1.77. The van der Waals surface area contributed by atoms with Crippen molar-refractivity contribution in [1.29, 1.82) is 0 Å². The minimum atomic E-state index is -0.636. The highest BCUT2D eigenvalue weighted by molar-refractivity contribution is 14.1. The van der Waals surface area contributed by atoms with E-state index in [-0.39, 0.29) is 6.61 Å². The van der Waals surface area contributed by atoms with Crippen LogP contribution in [0.4, 0.5) is 0 Å². The molecule has 0 aliphatic rings. The van der Waals surface area contributed by atoms with Gasteiger partial charge in [0.1, 0.15) is 0 Å². The van der Waals surface area contributed by atoms with Gasteiger partial charge in [0.2, 0.25) is 0 Å². The molecular formula is C10H14INO. The van der Waals surface area contributed by atoms with Crippen LogP contribution in [0.5, 0.6) is 0 Å². The van der Waals surface area contributed by atoms with Crippen molar-refractivity contribution in [3.63, 3.8) is 0 Å². The highest BCUT2D eigenvalue weighted by Crippen LogP contribution is 2.24. The molecule has 0 fully saturated rings. The van der Waals surface area contributed by atoms with Crippen LogP contribution in [0.25, 0.3) is 0 Å².